The summed E-state index contributed by atoms with van der Waals surface area (Å²) >= 11 is 2.87. The molecule has 0 spiro atoms. The molecule has 0 aromatic heterocycles. The first-order chi connectivity index (χ1) is 9.61. The van der Waals surface area contributed by atoms with Crippen molar-refractivity contribution in [1.29, 1.82) is 0 Å². The summed E-state index contributed by atoms with van der Waals surface area (Å²) in [7, 11) is 0. The molecule has 1 unspecified atom stereocenters. The van der Waals surface area contributed by atoms with Gasteiger partial charge < -0.3 is 5.32 Å². The molecule has 1 aromatic rings. The topological polar surface area (TPSA) is 29.1 Å². The Morgan fingerprint density at radius 3 is 2.57 bits per heavy atom. The van der Waals surface area contributed by atoms with E-state index in [0.717, 1.165) is 25.3 Å². The van der Waals surface area contributed by atoms with Crippen molar-refractivity contribution in [3.05, 3.63) is 33.8 Å². The maximum absolute atomic E-state index is 12.9. The summed E-state index contributed by atoms with van der Waals surface area (Å²) < 4.78 is 38.5. The quantitative estimate of drug-likeness (QED) is 0.804. The van der Waals surface area contributed by atoms with E-state index in [9.17, 15) is 18.0 Å². The molecule has 1 N–H and O–H groups in total. The molecule has 1 amide bonds. The van der Waals surface area contributed by atoms with Gasteiger partial charge in [0.25, 0.3) is 5.91 Å². The third kappa shape index (κ3) is 3.59. The normalized spacial score (nSPS) is 21.3. The summed E-state index contributed by atoms with van der Waals surface area (Å²) in [6.45, 7) is 4.13. The fourth-order valence-corrected chi connectivity index (χ4v) is 3.19. The number of benzene rings is 1. The molecule has 116 valence electrons. The van der Waals surface area contributed by atoms with Crippen LogP contribution in [0.4, 0.5) is 13.2 Å². The zero-order valence-corrected chi connectivity index (χ0v) is 13.4. The van der Waals surface area contributed by atoms with Crippen LogP contribution < -0.4 is 5.32 Å². The SMILES string of the molecule is CC1(C)CCCC1NC(=O)c1ccc(Br)c(C(F)(F)F)c1. The number of rotatable bonds is 2. The largest absolute Gasteiger partial charge is 0.417 e. The van der Waals surface area contributed by atoms with Crippen LogP contribution in [0, 0.1) is 5.41 Å². The van der Waals surface area contributed by atoms with Crippen LogP contribution in [0.5, 0.6) is 0 Å². The van der Waals surface area contributed by atoms with Crippen LogP contribution in [-0.2, 0) is 6.18 Å². The van der Waals surface area contributed by atoms with E-state index in [4.69, 9.17) is 0 Å². The van der Waals surface area contributed by atoms with Crippen LogP contribution in [0.1, 0.15) is 49.0 Å². The predicted molar refractivity (Wildman–Crippen MR) is 78.0 cm³/mol. The first-order valence-corrected chi connectivity index (χ1v) is 7.58. The number of alkyl halides is 3. The van der Waals surface area contributed by atoms with E-state index >= 15 is 0 Å². The minimum Gasteiger partial charge on any atom is -0.349 e. The van der Waals surface area contributed by atoms with E-state index in [1.807, 2.05) is 0 Å². The molecule has 1 atom stereocenters. The van der Waals surface area contributed by atoms with Gasteiger partial charge in [-0.05, 0) is 36.5 Å². The van der Waals surface area contributed by atoms with E-state index in [1.165, 1.54) is 12.1 Å². The maximum atomic E-state index is 12.9. The highest BCUT2D eigenvalue weighted by Crippen LogP contribution is 2.38. The Kier molecular flexibility index (Phi) is 4.38. The average Bonchev–Trinajstić information content (AvgIpc) is 2.67. The monoisotopic (exact) mass is 363 g/mol. The molecule has 1 aliphatic carbocycles. The van der Waals surface area contributed by atoms with E-state index in [1.54, 1.807) is 0 Å². The van der Waals surface area contributed by atoms with Gasteiger partial charge in [-0.2, -0.15) is 13.2 Å². The van der Waals surface area contributed by atoms with Gasteiger partial charge >= 0.3 is 6.18 Å². The minimum absolute atomic E-state index is 0.00276. The van der Waals surface area contributed by atoms with Crippen LogP contribution in [0.15, 0.2) is 22.7 Å². The summed E-state index contributed by atoms with van der Waals surface area (Å²) in [4.78, 5) is 12.2. The lowest BCUT2D eigenvalue weighted by Gasteiger charge is -2.27. The Labute approximate surface area is 130 Å². The molecule has 1 saturated carbocycles. The molecule has 1 fully saturated rings. The Morgan fingerprint density at radius 2 is 2.05 bits per heavy atom. The molecule has 1 aliphatic rings. The summed E-state index contributed by atoms with van der Waals surface area (Å²) in [6.07, 6.45) is -1.60. The smallest absolute Gasteiger partial charge is 0.349 e. The summed E-state index contributed by atoms with van der Waals surface area (Å²) in [5.74, 6) is -0.451. The van der Waals surface area contributed by atoms with Gasteiger partial charge in [0, 0.05) is 16.1 Å². The van der Waals surface area contributed by atoms with Crippen LogP contribution in [0.25, 0.3) is 0 Å². The standard InChI is InChI=1S/C15H17BrF3NO/c1-14(2)7-3-4-12(14)20-13(21)9-5-6-11(16)10(8-9)15(17,18)19/h5-6,8,12H,3-4,7H2,1-2H3,(H,20,21). The second-order valence-corrected chi connectivity index (χ2v) is 6.95. The van der Waals surface area contributed by atoms with E-state index < -0.39 is 17.6 Å². The molecule has 6 heteroatoms. The van der Waals surface area contributed by atoms with Crippen molar-refractivity contribution in [2.75, 3.05) is 0 Å². The number of halogens is 4. The second kappa shape index (κ2) is 5.63. The summed E-state index contributed by atoms with van der Waals surface area (Å²) in [6, 6.07) is 3.55. The highest BCUT2D eigenvalue weighted by Gasteiger charge is 2.36. The minimum atomic E-state index is -4.48. The highest BCUT2D eigenvalue weighted by molar-refractivity contribution is 9.10. The number of carbonyl (C=O) groups excluding carboxylic acids is 1. The van der Waals surface area contributed by atoms with E-state index in [2.05, 4.69) is 35.1 Å². The molecule has 21 heavy (non-hydrogen) atoms. The third-order valence-electron chi connectivity index (χ3n) is 4.10. The van der Waals surface area contributed by atoms with Crippen molar-refractivity contribution in [1.82, 2.24) is 5.32 Å². The van der Waals surface area contributed by atoms with Crippen LogP contribution in [0.3, 0.4) is 0 Å². The third-order valence-corrected chi connectivity index (χ3v) is 4.79. The fraction of sp³-hybridized carbons (Fsp3) is 0.533. The van der Waals surface area contributed by atoms with Crippen LogP contribution in [-0.4, -0.2) is 11.9 Å². The van der Waals surface area contributed by atoms with E-state index in [0.29, 0.717) is 0 Å². The van der Waals surface area contributed by atoms with Crippen molar-refractivity contribution in [2.45, 2.75) is 45.3 Å². The van der Waals surface area contributed by atoms with Gasteiger partial charge in [0.2, 0.25) is 0 Å². The molecule has 2 rings (SSSR count). The Bertz CT molecular complexity index is 554. The molecule has 0 saturated heterocycles. The molecule has 1 aromatic carbocycles. The average molecular weight is 364 g/mol. The molecule has 0 heterocycles. The number of amides is 1. The Morgan fingerprint density at radius 1 is 1.38 bits per heavy atom. The zero-order valence-electron chi connectivity index (χ0n) is 11.9. The molecule has 0 radical (unpaired) electrons. The van der Waals surface area contributed by atoms with Crippen molar-refractivity contribution < 1.29 is 18.0 Å². The lowest BCUT2D eigenvalue weighted by Crippen LogP contribution is -2.41. The lowest BCUT2D eigenvalue weighted by molar-refractivity contribution is -0.138. The summed E-state index contributed by atoms with van der Waals surface area (Å²) in [5, 5.41) is 2.86. The second-order valence-electron chi connectivity index (χ2n) is 6.10. The first-order valence-electron chi connectivity index (χ1n) is 6.79. The maximum Gasteiger partial charge on any atom is 0.417 e. The van der Waals surface area contributed by atoms with Crippen molar-refractivity contribution >= 4 is 21.8 Å². The molecule has 2 nitrogen and oxygen atoms in total. The number of carbonyl (C=O) groups is 1. The number of hydrogen-bond donors (Lipinski definition) is 1. The van der Waals surface area contributed by atoms with Crippen LogP contribution >= 0.6 is 15.9 Å². The first kappa shape index (κ1) is 16.3. The fourth-order valence-electron chi connectivity index (χ4n) is 2.72. The van der Waals surface area contributed by atoms with Crippen molar-refractivity contribution in [3.8, 4) is 0 Å². The van der Waals surface area contributed by atoms with Crippen LogP contribution in [0.2, 0.25) is 0 Å². The molecule has 0 aliphatic heterocycles. The van der Waals surface area contributed by atoms with Crippen molar-refractivity contribution in [3.63, 3.8) is 0 Å². The highest BCUT2D eigenvalue weighted by atomic mass is 79.9. The molecular formula is C15H17BrF3NO. The van der Waals surface area contributed by atoms with Gasteiger partial charge in [0.1, 0.15) is 0 Å². The number of hydrogen-bond acceptors (Lipinski definition) is 1. The lowest BCUT2D eigenvalue weighted by atomic mass is 9.87. The zero-order chi connectivity index (χ0) is 15.8. The van der Waals surface area contributed by atoms with Gasteiger partial charge in [-0.3, -0.25) is 4.79 Å². The predicted octanol–water partition coefficient (Wildman–Crippen LogP) is 4.78. The molecular weight excluding hydrogens is 347 g/mol. The van der Waals surface area contributed by atoms with Gasteiger partial charge in [-0.1, -0.05) is 36.2 Å². The summed E-state index contributed by atoms with van der Waals surface area (Å²) in [5.41, 5.74) is -0.813. The Hall–Kier alpha value is -1.04. The Balaban J connectivity index is 2.21. The van der Waals surface area contributed by atoms with Gasteiger partial charge in [-0.15, -0.1) is 0 Å². The van der Waals surface area contributed by atoms with Gasteiger partial charge in [0.05, 0.1) is 5.56 Å². The van der Waals surface area contributed by atoms with E-state index in [-0.39, 0.29) is 21.5 Å². The molecule has 0 bridgehead atoms. The van der Waals surface area contributed by atoms with Gasteiger partial charge in [-0.25, -0.2) is 0 Å². The number of nitrogens with one attached hydrogen (secondary N) is 1. The van der Waals surface area contributed by atoms with Gasteiger partial charge in [0.15, 0.2) is 0 Å². The van der Waals surface area contributed by atoms with Crippen molar-refractivity contribution in [2.24, 2.45) is 5.41 Å².